The standard InChI is InChI=1S/C6H12O2.H2O.Zr/c1-2-3-4-5-6(7)8;;/h2-5H2,1H3,(H,7,8);1H2;. The summed E-state index contributed by atoms with van der Waals surface area (Å²) in [7, 11) is 0. The van der Waals surface area contributed by atoms with E-state index in [1.54, 1.807) is 0 Å². The van der Waals surface area contributed by atoms with Gasteiger partial charge in [0.15, 0.2) is 0 Å². The number of unbranched alkanes of at least 4 members (excludes halogenated alkanes) is 2. The molecular formula is C6H14O3Zr. The Hall–Kier alpha value is 0.313. The van der Waals surface area contributed by atoms with Gasteiger partial charge in [-0.2, -0.15) is 0 Å². The van der Waals surface area contributed by atoms with Crippen LogP contribution in [0.4, 0.5) is 0 Å². The molecule has 0 aliphatic heterocycles. The summed E-state index contributed by atoms with van der Waals surface area (Å²) in [6.07, 6.45) is 3.28. The van der Waals surface area contributed by atoms with Crippen molar-refractivity contribution in [2.45, 2.75) is 32.6 Å². The third kappa shape index (κ3) is 15.7. The van der Waals surface area contributed by atoms with Crippen molar-refractivity contribution in [2.75, 3.05) is 0 Å². The second-order valence-electron chi connectivity index (χ2n) is 1.85. The molecule has 0 aromatic heterocycles. The van der Waals surface area contributed by atoms with Crippen molar-refractivity contribution in [1.82, 2.24) is 0 Å². The van der Waals surface area contributed by atoms with Crippen molar-refractivity contribution in [3.63, 3.8) is 0 Å². The third-order valence-electron chi connectivity index (χ3n) is 0.994. The van der Waals surface area contributed by atoms with Gasteiger partial charge in [-0.3, -0.25) is 4.79 Å². The van der Waals surface area contributed by atoms with Gasteiger partial charge in [0.2, 0.25) is 0 Å². The van der Waals surface area contributed by atoms with Crippen molar-refractivity contribution < 1.29 is 41.6 Å². The van der Waals surface area contributed by atoms with Gasteiger partial charge in [0.25, 0.3) is 0 Å². The second kappa shape index (κ2) is 12.0. The van der Waals surface area contributed by atoms with Crippen molar-refractivity contribution in [3.8, 4) is 0 Å². The van der Waals surface area contributed by atoms with Gasteiger partial charge in [0.05, 0.1) is 0 Å². The Morgan fingerprint density at radius 1 is 1.40 bits per heavy atom. The largest absolute Gasteiger partial charge is 0.481 e. The molecule has 10 heavy (non-hydrogen) atoms. The van der Waals surface area contributed by atoms with Crippen LogP contribution in [0.5, 0.6) is 0 Å². The summed E-state index contributed by atoms with van der Waals surface area (Å²) in [6.45, 7) is 2.06. The second-order valence-corrected chi connectivity index (χ2v) is 1.85. The van der Waals surface area contributed by atoms with Gasteiger partial charge in [-0.15, -0.1) is 0 Å². The average Bonchev–Trinajstić information content (AvgIpc) is 1.66. The minimum Gasteiger partial charge on any atom is -0.481 e. The third-order valence-corrected chi connectivity index (χ3v) is 0.994. The van der Waals surface area contributed by atoms with Crippen LogP contribution in [0.2, 0.25) is 0 Å². The maximum atomic E-state index is 9.87. The first kappa shape index (κ1) is 16.7. The number of carboxylic acid groups (broad SMARTS) is 1. The molecule has 0 aromatic carbocycles. The van der Waals surface area contributed by atoms with Crippen molar-refractivity contribution >= 4 is 5.97 Å². The Balaban J connectivity index is -0.000000245. The van der Waals surface area contributed by atoms with E-state index in [4.69, 9.17) is 5.11 Å². The summed E-state index contributed by atoms with van der Waals surface area (Å²) >= 11 is 0. The molecule has 0 radical (unpaired) electrons. The van der Waals surface area contributed by atoms with Gasteiger partial charge >= 0.3 is 5.97 Å². The van der Waals surface area contributed by atoms with Crippen LogP contribution in [0.3, 0.4) is 0 Å². The van der Waals surface area contributed by atoms with Gasteiger partial charge in [0, 0.05) is 32.6 Å². The predicted octanol–water partition coefficient (Wildman–Crippen LogP) is 0.824. The Morgan fingerprint density at radius 2 is 1.90 bits per heavy atom. The quantitative estimate of drug-likeness (QED) is 0.720. The van der Waals surface area contributed by atoms with Crippen LogP contribution in [0.15, 0.2) is 0 Å². The van der Waals surface area contributed by atoms with E-state index in [0.29, 0.717) is 6.42 Å². The smallest absolute Gasteiger partial charge is 0.303 e. The van der Waals surface area contributed by atoms with E-state index in [1.165, 1.54) is 0 Å². The number of hydrogen-bond donors (Lipinski definition) is 1. The molecule has 0 fully saturated rings. The number of hydrogen-bond acceptors (Lipinski definition) is 1. The molecule has 0 aliphatic carbocycles. The summed E-state index contributed by atoms with van der Waals surface area (Å²) in [5.41, 5.74) is 0. The number of rotatable bonds is 4. The summed E-state index contributed by atoms with van der Waals surface area (Å²) in [5.74, 6) is -0.682. The number of carboxylic acids is 1. The molecule has 3 N–H and O–H groups in total. The molecule has 0 saturated heterocycles. The molecule has 4 heteroatoms. The summed E-state index contributed by atoms with van der Waals surface area (Å²) in [4.78, 5) is 9.87. The molecule has 0 aromatic rings. The van der Waals surface area contributed by atoms with E-state index in [9.17, 15) is 4.79 Å². The van der Waals surface area contributed by atoms with E-state index in [1.807, 2.05) is 0 Å². The molecule has 0 heterocycles. The van der Waals surface area contributed by atoms with Crippen LogP contribution >= 0.6 is 0 Å². The zero-order valence-corrected chi connectivity index (χ0v) is 8.64. The van der Waals surface area contributed by atoms with Gasteiger partial charge in [-0.05, 0) is 6.42 Å². The molecule has 0 atom stereocenters. The summed E-state index contributed by atoms with van der Waals surface area (Å²) in [5, 5.41) is 8.14. The van der Waals surface area contributed by atoms with Gasteiger partial charge < -0.3 is 10.6 Å². The maximum absolute atomic E-state index is 9.87. The van der Waals surface area contributed by atoms with Crippen molar-refractivity contribution in [1.29, 1.82) is 0 Å². The van der Waals surface area contributed by atoms with Crippen molar-refractivity contribution in [2.24, 2.45) is 0 Å². The minimum atomic E-state index is -0.682. The van der Waals surface area contributed by atoms with Crippen LogP contribution in [0, 0.1) is 0 Å². The molecule has 0 unspecified atom stereocenters. The van der Waals surface area contributed by atoms with E-state index < -0.39 is 5.97 Å². The normalized spacial score (nSPS) is 7.30. The van der Waals surface area contributed by atoms with E-state index in [0.717, 1.165) is 19.3 Å². The first-order chi connectivity index (χ1) is 3.77. The molecule has 0 spiro atoms. The molecule has 0 amide bonds. The van der Waals surface area contributed by atoms with Gasteiger partial charge in [-0.25, -0.2) is 0 Å². The van der Waals surface area contributed by atoms with Crippen LogP contribution in [0.25, 0.3) is 0 Å². The molecule has 0 aliphatic rings. The molecule has 0 saturated carbocycles. The van der Waals surface area contributed by atoms with Gasteiger partial charge in [0.1, 0.15) is 0 Å². The van der Waals surface area contributed by atoms with E-state index in [-0.39, 0.29) is 31.7 Å². The molecule has 60 valence electrons. The summed E-state index contributed by atoms with van der Waals surface area (Å²) < 4.78 is 0. The molecular weight excluding hydrogens is 211 g/mol. The first-order valence-electron chi connectivity index (χ1n) is 2.99. The Bertz CT molecular complexity index is 75.4. The topological polar surface area (TPSA) is 68.8 Å². The first-order valence-corrected chi connectivity index (χ1v) is 2.99. The number of aliphatic carboxylic acids is 1. The van der Waals surface area contributed by atoms with Crippen LogP contribution in [-0.4, -0.2) is 16.6 Å². The van der Waals surface area contributed by atoms with Crippen LogP contribution in [-0.2, 0) is 31.0 Å². The number of carbonyl (C=O) groups is 1. The van der Waals surface area contributed by atoms with E-state index >= 15 is 0 Å². The Kier molecular flexibility index (Phi) is 20.1. The van der Waals surface area contributed by atoms with Crippen LogP contribution < -0.4 is 0 Å². The fourth-order valence-electron chi connectivity index (χ4n) is 0.526. The zero-order chi connectivity index (χ0) is 6.41. The predicted molar refractivity (Wildman–Crippen MR) is 35.4 cm³/mol. The molecule has 0 rings (SSSR count). The van der Waals surface area contributed by atoms with Crippen LogP contribution in [0.1, 0.15) is 32.6 Å². The Labute approximate surface area is 80.2 Å². The molecule has 0 bridgehead atoms. The fourth-order valence-corrected chi connectivity index (χ4v) is 0.526. The monoisotopic (exact) mass is 224 g/mol. The molecule has 3 nitrogen and oxygen atoms in total. The van der Waals surface area contributed by atoms with Gasteiger partial charge in [-0.1, -0.05) is 19.8 Å². The minimum absolute atomic E-state index is 0. The fraction of sp³-hybridized carbons (Fsp3) is 0.833. The maximum Gasteiger partial charge on any atom is 0.303 e. The average molecular weight is 225 g/mol. The van der Waals surface area contributed by atoms with Crippen molar-refractivity contribution in [3.05, 3.63) is 0 Å². The van der Waals surface area contributed by atoms with E-state index in [2.05, 4.69) is 6.92 Å². The Morgan fingerprint density at radius 3 is 2.20 bits per heavy atom. The SMILES string of the molecule is CCCCCC(=O)O.O.[Zr]. The zero-order valence-electron chi connectivity index (χ0n) is 6.18. The summed E-state index contributed by atoms with van der Waals surface area (Å²) in [6, 6.07) is 0.